The summed E-state index contributed by atoms with van der Waals surface area (Å²) >= 11 is 0. The van der Waals surface area contributed by atoms with Crippen LogP contribution in [0, 0.1) is 0 Å². The van der Waals surface area contributed by atoms with Crippen LogP contribution in [-0.4, -0.2) is 10.1 Å². The lowest BCUT2D eigenvalue weighted by molar-refractivity contribution is 0.514. The predicted octanol–water partition coefficient (Wildman–Crippen LogP) is 4.40. The van der Waals surface area contributed by atoms with E-state index in [0.717, 1.165) is 10.8 Å². The van der Waals surface area contributed by atoms with Crippen LogP contribution in [0.15, 0.2) is 75.9 Å². The van der Waals surface area contributed by atoms with Gasteiger partial charge in [-0.1, -0.05) is 54.6 Å². The largest absolute Gasteiger partial charge is 0.507 e. The van der Waals surface area contributed by atoms with Crippen molar-refractivity contribution in [2.24, 2.45) is 0 Å². The smallest absolute Gasteiger partial charge is 0.362 e. The maximum Gasteiger partial charge on any atom is 0.362 e. The first kappa shape index (κ1) is 14.2. The molecular weight excluding hydrogens is 302 g/mol. The van der Waals surface area contributed by atoms with Crippen LogP contribution in [0.1, 0.15) is 11.3 Å². The third-order valence-corrected chi connectivity index (χ3v) is 3.86. The second-order valence-electron chi connectivity index (χ2n) is 5.41. The van der Waals surface area contributed by atoms with Gasteiger partial charge in [-0.15, -0.1) is 0 Å². The molecule has 0 saturated carbocycles. The van der Waals surface area contributed by atoms with Crippen molar-refractivity contribution in [2.45, 2.75) is 0 Å². The highest BCUT2D eigenvalue weighted by Crippen LogP contribution is 2.24. The molecule has 0 spiro atoms. The molecular formula is C20H13NO3. The Morgan fingerprint density at radius 2 is 1.71 bits per heavy atom. The molecule has 0 saturated heterocycles. The molecule has 4 heteroatoms. The van der Waals surface area contributed by atoms with Crippen LogP contribution in [0.2, 0.25) is 0 Å². The minimum Gasteiger partial charge on any atom is -0.507 e. The van der Waals surface area contributed by atoms with E-state index in [1.54, 1.807) is 24.3 Å². The molecule has 3 aromatic carbocycles. The lowest BCUT2D eigenvalue weighted by Gasteiger charge is -2.05. The molecule has 4 rings (SSSR count). The van der Waals surface area contributed by atoms with Crippen molar-refractivity contribution < 1.29 is 9.52 Å². The minimum absolute atomic E-state index is 0.0260. The van der Waals surface area contributed by atoms with Crippen molar-refractivity contribution in [2.75, 3.05) is 0 Å². The minimum atomic E-state index is -0.583. The average molecular weight is 315 g/mol. The number of aliphatic hydroxyl groups is 1. The third kappa shape index (κ3) is 2.44. The number of fused-ring (bicyclic) bond motifs is 2. The molecule has 0 amide bonds. The van der Waals surface area contributed by atoms with E-state index in [1.165, 1.54) is 6.08 Å². The maximum absolute atomic E-state index is 12.1. The van der Waals surface area contributed by atoms with E-state index in [9.17, 15) is 9.90 Å². The van der Waals surface area contributed by atoms with Crippen LogP contribution >= 0.6 is 0 Å². The Hall–Kier alpha value is -3.40. The molecule has 1 N–H and O–H groups in total. The Morgan fingerprint density at radius 1 is 0.958 bits per heavy atom. The van der Waals surface area contributed by atoms with Crippen LogP contribution in [0.5, 0.6) is 0 Å². The van der Waals surface area contributed by atoms with Gasteiger partial charge in [0.05, 0.1) is 0 Å². The second kappa shape index (κ2) is 5.66. The van der Waals surface area contributed by atoms with Crippen molar-refractivity contribution in [1.82, 2.24) is 4.98 Å². The Kier molecular flexibility index (Phi) is 3.35. The number of aromatic nitrogens is 1. The van der Waals surface area contributed by atoms with Crippen molar-refractivity contribution in [3.05, 3.63) is 88.4 Å². The summed E-state index contributed by atoms with van der Waals surface area (Å²) in [4.78, 5) is 16.4. The Labute approximate surface area is 137 Å². The number of nitrogens with zero attached hydrogens (tertiary/aromatic N) is 1. The van der Waals surface area contributed by atoms with Gasteiger partial charge in [-0.05, 0) is 22.9 Å². The maximum atomic E-state index is 12.1. The van der Waals surface area contributed by atoms with E-state index in [4.69, 9.17) is 4.42 Å². The Morgan fingerprint density at radius 3 is 2.62 bits per heavy atom. The monoisotopic (exact) mass is 315 g/mol. The summed E-state index contributed by atoms with van der Waals surface area (Å²) in [5.74, 6) is -0.0260. The van der Waals surface area contributed by atoms with Crippen molar-refractivity contribution in [3.8, 4) is 0 Å². The number of aliphatic hydroxyl groups excluding tert-OH is 1. The number of para-hydroxylation sites is 2. The zero-order chi connectivity index (χ0) is 16.5. The standard InChI is InChI=1S/C20H13NO3/c22-18(15-9-5-7-13-6-1-2-8-14(13)15)12-17-20(23)24-19-11-4-3-10-16(19)21-17/h1-12,22H. The van der Waals surface area contributed by atoms with E-state index >= 15 is 0 Å². The normalized spacial score (nSPS) is 11.9. The first-order chi connectivity index (χ1) is 11.7. The van der Waals surface area contributed by atoms with Gasteiger partial charge in [0.25, 0.3) is 0 Å². The molecule has 0 aliphatic rings. The number of hydrogen-bond donors (Lipinski definition) is 1. The summed E-state index contributed by atoms with van der Waals surface area (Å²) in [6, 6.07) is 20.4. The zero-order valence-corrected chi connectivity index (χ0v) is 12.6. The molecule has 116 valence electrons. The fourth-order valence-electron chi connectivity index (χ4n) is 2.71. The third-order valence-electron chi connectivity index (χ3n) is 3.86. The summed E-state index contributed by atoms with van der Waals surface area (Å²) in [5.41, 5.74) is 1.11. The van der Waals surface area contributed by atoms with Crippen LogP contribution in [0.25, 0.3) is 33.7 Å². The predicted molar refractivity (Wildman–Crippen MR) is 94.7 cm³/mol. The zero-order valence-electron chi connectivity index (χ0n) is 12.6. The van der Waals surface area contributed by atoms with Gasteiger partial charge in [0.15, 0.2) is 11.3 Å². The van der Waals surface area contributed by atoms with Gasteiger partial charge in [0, 0.05) is 11.6 Å². The van der Waals surface area contributed by atoms with E-state index in [-0.39, 0.29) is 11.5 Å². The quantitative estimate of drug-likeness (QED) is 0.557. The molecule has 4 aromatic rings. The fraction of sp³-hybridized carbons (Fsp3) is 0. The van der Waals surface area contributed by atoms with Gasteiger partial charge in [-0.3, -0.25) is 0 Å². The van der Waals surface area contributed by atoms with Crippen LogP contribution in [-0.2, 0) is 0 Å². The van der Waals surface area contributed by atoms with Gasteiger partial charge < -0.3 is 9.52 Å². The first-order valence-corrected chi connectivity index (χ1v) is 7.51. The van der Waals surface area contributed by atoms with Crippen LogP contribution < -0.4 is 5.63 Å². The number of rotatable bonds is 2. The average Bonchev–Trinajstić information content (AvgIpc) is 2.62. The topological polar surface area (TPSA) is 63.3 Å². The first-order valence-electron chi connectivity index (χ1n) is 7.51. The summed E-state index contributed by atoms with van der Waals surface area (Å²) in [6.07, 6.45) is 1.35. The molecule has 0 aliphatic carbocycles. The van der Waals surface area contributed by atoms with Gasteiger partial charge >= 0.3 is 5.63 Å². The number of hydrogen-bond acceptors (Lipinski definition) is 4. The summed E-state index contributed by atoms with van der Waals surface area (Å²) in [6.45, 7) is 0. The SMILES string of the molecule is O=c1oc2ccccc2nc1C=C(O)c1cccc2ccccc12. The Balaban J connectivity index is 1.88. The van der Waals surface area contributed by atoms with E-state index in [2.05, 4.69) is 4.98 Å². The summed E-state index contributed by atoms with van der Waals surface area (Å²) < 4.78 is 5.24. The van der Waals surface area contributed by atoms with E-state index < -0.39 is 5.63 Å². The second-order valence-corrected chi connectivity index (χ2v) is 5.41. The highest BCUT2D eigenvalue weighted by Gasteiger charge is 2.09. The summed E-state index contributed by atoms with van der Waals surface area (Å²) in [7, 11) is 0. The highest BCUT2D eigenvalue weighted by atomic mass is 16.4. The molecule has 0 atom stereocenters. The lowest BCUT2D eigenvalue weighted by atomic mass is 10.0. The van der Waals surface area contributed by atoms with Crippen molar-refractivity contribution in [1.29, 1.82) is 0 Å². The molecule has 4 nitrogen and oxygen atoms in total. The van der Waals surface area contributed by atoms with Gasteiger partial charge in [0.2, 0.25) is 0 Å². The van der Waals surface area contributed by atoms with Crippen molar-refractivity contribution in [3.63, 3.8) is 0 Å². The van der Waals surface area contributed by atoms with E-state index in [1.807, 2.05) is 42.5 Å². The van der Waals surface area contributed by atoms with Gasteiger partial charge in [-0.25, -0.2) is 9.78 Å². The molecule has 24 heavy (non-hydrogen) atoms. The molecule has 0 fully saturated rings. The Bertz CT molecular complexity index is 1140. The molecule has 0 bridgehead atoms. The number of benzene rings is 3. The van der Waals surface area contributed by atoms with Crippen molar-refractivity contribution >= 4 is 33.7 Å². The molecule has 0 radical (unpaired) electrons. The van der Waals surface area contributed by atoms with E-state index in [0.29, 0.717) is 16.7 Å². The molecule has 0 unspecified atom stereocenters. The highest BCUT2D eigenvalue weighted by molar-refractivity contribution is 5.95. The lowest BCUT2D eigenvalue weighted by Crippen LogP contribution is -2.06. The molecule has 1 aromatic heterocycles. The van der Waals surface area contributed by atoms with Gasteiger partial charge in [0.1, 0.15) is 11.3 Å². The fourth-order valence-corrected chi connectivity index (χ4v) is 2.71. The molecule has 1 heterocycles. The van der Waals surface area contributed by atoms with Crippen LogP contribution in [0.4, 0.5) is 0 Å². The van der Waals surface area contributed by atoms with Gasteiger partial charge in [-0.2, -0.15) is 0 Å². The van der Waals surface area contributed by atoms with Crippen LogP contribution in [0.3, 0.4) is 0 Å². The summed E-state index contributed by atoms with van der Waals surface area (Å²) in [5, 5.41) is 12.4. The molecule has 0 aliphatic heterocycles.